The lowest BCUT2D eigenvalue weighted by Gasteiger charge is -2.21. The largest absolute Gasteiger partial charge is 0.496 e. The summed E-state index contributed by atoms with van der Waals surface area (Å²) >= 11 is 0. The fraction of sp³-hybridized carbons (Fsp3) is 0.296. The van der Waals surface area contributed by atoms with E-state index in [2.05, 4.69) is 5.10 Å². The van der Waals surface area contributed by atoms with Crippen LogP contribution in [-0.4, -0.2) is 49.7 Å². The van der Waals surface area contributed by atoms with Gasteiger partial charge < -0.3 is 4.74 Å². The maximum Gasteiger partial charge on any atom is 0.265 e. The fourth-order valence-corrected chi connectivity index (χ4v) is 5.29. The molecule has 0 saturated carbocycles. The number of rotatable bonds is 5. The van der Waals surface area contributed by atoms with Crippen molar-refractivity contribution in [2.45, 2.75) is 32.1 Å². The number of aromatic nitrogens is 4. The van der Waals surface area contributed by atoms with Crippen molar-refractivity contribution in [3.63, 3.8) is 0 Å². The molecule has 6 rings (SSSR count). The summed E-state index contributed by atoms with van der Waals surface area (Å²) in [5.74, 6) is 0.153. The Labute approximate surface area is 206 Å². The van der Waals surface area contributed by atoms with Gasteiger partial charge in [-0.25, -0.2) is 4.98 Å². The monoisotopic (exact) mass is 483 g/mol. The predicted molar refractivity (Wildman–Crippen MR) is 133 cm³/mol. The highest BCUT2D eigenvalue weighted by atomic mass is 16.5. The van der Waals surface area contributed by atoms with Crippen LogP contribution in [0.15, 0.2) is 35.3 Å². The van der Waals surface area contributed by atoms with Crippen LogP contribution in [0.3, 0.4) is 0 Å². The van der Waals surface area contributed by atoms with Gasteiger partial charge in [-0.1, -0.05) is 24.3 Å². The molecule has 3 aromatic rings. The van der Waals surface area contributed by atoms with Crippen LogP contribution in [0.5, 0.6) is 5.75 Å². The van der Waals surface area contributed by atoms with E-state index in [4.69, 9.17) is 9.72 Å². The van der Waals surface area contributed by atoms with Crippen molar-refractivity contribution in [1.82, 2.24) is 24.2 Å². The van der Waals surface area contributed by atoms with Gasteiger partial charge in [-0.05, 0) is 37.0 Å². The fourth-order valence-electron chi connectivity index (χ4n) is 5.29. The van der Waals surface area contributed by atoms with Gasteiger partial charge in [-0.3, -0.25) is 28.5 Å². The molecule has 182 valence electrons. The molecule has 3 heterocycles. The summed E-state index contributed by atoms with van der Waals surface area (Å²) in [5.41, 5.74) is 3.53. The molecule has 0 unspecified atom stereocenters. The van der Waals surface area contributed by atoms with E-state index < -0.39 is 5.91 Å². The minimum absolute atomic E-state index is 0.106. The zero-order valence-corrected chi connectivity index (χ0v) is 20.2. The zero-order valence-electron chi connectivity index (χ0n) is 20.2. The van der Waals surface area contributed by atoms with Crippen molar-refractivity contribution in [1.29, 1.82) is 0 Å². The minimum atomic E-state index is -0.393. The molecule has 36 heavy (non-hydrogen) atoms. The van der Waals surface area contributed by atoms with Gasteiger partial charge in [0.05, 0.1) is 35.0 Å². The third-order valence-electron chi connectivity index (χ3n) is 7.15. The Balaban J connectivity index is 1.39. The van der Waals surface area contributed by atoms with Gasteiger partial charge in [0, 0.05) is 37.8 Å². The van der Waals surface area contributed by atoms with Crippen molar-refractivity contribution in [3.8, 4) is 5.75 Å². The van der Waals surface area contributed by atoms with Gasteiger partial charge in [0.25, 0.3) is 17.4 Å². The van der Waals surface area contributed by atoms with E-state index in [9.17, 15) is 14.4 Å². The van der Waals surface area contributed by atoms with Crippen molar-refractivity contribution in [3.05, 3.63) is 79.6 Å². The Hall–Kier alpha value is -4.27. The summed E-state index contributed by atoms with van der Waals surface area (Å²) in [6.07, 6.45) is 10.9. The summed E-state index contributed by atoms with van der Waals surface area (Å²) in [6, 6.07) is 5.00. The molecule has 1 aromatic carbocycles. The normalized spacial score (nSPS) is 16.1. The number of methoxy groups -OCH3 is 1. The van der Waals surface area contributed by atoms with Crippen LogP contribution in [0, 0.1) is 0 Å². The maximum absolute atomic E-state index is 13.7. The number of hydrogen-bond acceptors (Lipinski definition) is 6. The number of carbonyl (C=O) groups is 2. The Morgan fingerprint density at radius 1 is 1.06 bits per heavy atom. The average Bonchev–Trinajstić information content (AvgIpc) is 3.39. The molecule has 2 amide bonds. The van der Waals surface area contributed by atoms with E-state index in [0.29, 0.717) is 40.5 Å². The van der Waals surface area contributed by atoms with Crippen molar-refractivity contribution in [2.24, 2.45) is 7.05 Å². The van der Waals surface area contributed by atoms with Crippen LogP contribution in [0.4, 0.5) is 0 Å². The van der Waals surface area contributed by atoms with Gasteiger partial charge >= 0.3 is 0 Å². The lowest BCUT2D eigenvalue weighted by atomic mass is 10.0. The third kappa shape index (κ3) is 3.34. The second kappa shape index (κ2) is 8.44. The predicted octanol–water partition coefficient (Wildman–Crippen LogP) is 0.819. The molecule has 9 heteroatoms. The highest BCUT2D eigenvalue weighted by molar-refractivity contribution is 6.22. The van der Waals surface area contributed by atoms with Crippen LogP contribution in [0.25, 0.3) is 17.8 Å². The maximum atomic E-state index is 13.7. The number of fused-ring (bicyclic) bond motifs is 3. The number of benzene rings is 1. The lowest BCUT2D eigenvalue weighted by Crippen LogP contribution is -2.49. The number of ether oxygens (including phenoxy) is 1. The summed E-state index contributed by atoms with van der Waals surface area (Å²) < 4.78 is 8.82. The highest BCUT2D eigenvalue weighted by Crippen LogP contribution is 2.31. The van der Waals surface area contributed by atoms with Gasteiger partial charge in [0.15, 0.2) is 0 Å². The van der Waals surface area contributed by atoms with Crippen LogP contribution in [0.1, 0.15) is 50.6 Å². The molecule has 0 saturated heterocycles. The lowest BCUT2D eigenvalue weighted by molar-refractivity contribution is 0.0654. The zero-order chi connectivity index (χ0) is 25.0. The molecule has 0 radical (unpaired) electrons. The number of carbonyl (C=O) groups excluding carboxylic acids is 2. The average molecular weight is 484 g/mol. The molecule has 2 aromatic heterocycles. The summed E-state index contributed by atoms with van der Waals surface area (Å²) in [6.45, 7) is 0.106. The first-order valence-corrected chi connectivity index (χ1v) is 12.0. The van der Waals surface area contributed by atoms with Gasteiger partial charge in [0.2, 0.25) is 0 Å². The minimum Gasteiger partial charge on any atom is -0.496 e. The van der Waals surface area contributed by atoms with E-state index in [1.807, 2.05) is 36.2 Å². The van der Waals surface area contributed by atoms with E-state index in [0.717, 1.165) is 29.8 Å². The number of hydrogen-bond donors (Lipinski definition) is 0. The molecular formula is C27H25N5O4. The molecule has 1 aliphatic heterocycles. The van der Waals surface area contributed by atoms with E-state index in [1.54, 1.807) is 22.8 Å². The second-order valence-corrected chi connectivity index (χ2v) is 9.16. The van der Waals surface area contributed by atoms with Crippen LogP contribution in [0.2, 0.25) is 0 Å². The van der Waals surface area contributed by atoms with E-state index >= 15 is 0 Å². The third-order valence-corrected chi connectivity index (χ3v) is 7.15. The van der Waals surface area contributed by atoms with Crippen molar-refractivity contribution >= 4 is 29.7 Å². The van der Waals surface area contributed by atoms with Crippen molar-refractivity contribution < 1.29 is 14.3 Å². The first kappa shape index (κ1) is 22.2. The number of aryl methyl sites for hydroxylation is 1. The summed E-state index contributed by atoms with van der Waals surface area (Å²) in [4.78, 5) is 46.0. The molecule has 0 atom stereocenters. The molecule has 2 aliphatic carbocycles. The first-order chi connectivity index (χ1) is 17.5. The molecule has 9 nitrogen and oxygen atoms in total. The second-order valence-electron chi connectivity index (χ2n) is 9.16. The van der Waals surface area contributed by atoms with Crippen molar-refractivity contribution in [2.75, 3.05) is 13.7 Å². The highest BCUT2D eigenvalue weighted by Gasteiger charge is 2.38. The number of imide groups is 1. The molecule has 3 aliphatic rings. The number of allylic oxidation sites excluding steroid dienone is 2. The Kier molecular flexibility index (Phi) is 5.21. The summed E-state index contributed by atoms with van der Waals surface area (Å²) in [5, 5.41) is 5.63. The topological polar surface area (TPSA) is 99.3 Å². The SMILES string of the molecule is COc1cccc2c1C(=O)N(CCc1nc3c(c(=O)n1C1=CCc4cnn(C)c4C1)=CCCC=3)C2=O. The van der Waals surface area contributed by atoms with E-state index in [-0.39, 0.29) is 30.0 Å². The quantitative estimate of drug-likeness (QED) is 0.499. The summed E-state index contributed by atoms with van der Waals surface area (Å²) in [7, 11) is 3.38. The number of amides is 2. The van der Waals surface area contributed by atoms with Crippen LogP contribution in [-0.2, 0) is 26.3 Å². The molecule has 0 spiro atoms. The molecule has 0 bridgehead atoms. The Morgan fingerprint density at radius 2 is 1.89 bits per heavy atom. The van der Waals surface area contributed by atoms with Gasteiger partial charge in [-0.15, -0.1) is 0 Å². The van der Waals surface area contributed by atoms with Crippen LogP contribution >= 0.6 is 0 Å². The first-order valence-electron chi connectivity index (χ1n) is 12.0. The molecule has 0 fully saturated rings. The molecular weight excluding hydrogens is 458 g/mol. The standard InChI is InChI=1S/C27H25N5O4/c1-30-21-14-17(11-10-16(21)15-28-30)32-23(29-20-8-4-3-6-18(20)26(32)34)12-13-31-25(33)19-7-5-9-22(36-2)24(19)27(31)35/h5-9,11,15H,3-4,10,12-14H2,1-2H3. The Bertz CT molecular complexity index is 1660. The van der Waals surface area contributed by atoms with Gasteiger partial charge in [-0.2, -0.15) is 5.10 Å². The molecule has 0 N–H and O–H groups in total. The number of nitrogens with zero attached hydrogens (tertiary/aromatic N) is 5. The Morgan fingerprint density at radius 3 is 2.72 bits per heavy atom. The van der Waals surface area contributed by atoms with Crippen LogP contribution < -0.4 is 20.9 Å². The van der Waals surface area contributed by atoms with Gasteiger partial charge in [0.1, 0.15) is 11.6 Å². The smallest absolute Gasteiger partial charge is 0.265 e. The van der Waals surface area contributed by atoms with E-state index in [1.165, 1.54) is 12.0 Å².